The predicted octanol–water partition coefficient (Wildman–Crippen LogP) is 2.44. The summed E-state index contributed by atoms with van der Waals surface area (Å²) in [6, 6.07) is 7.44. The van der Waals surface area contributed by atoms with E-state index in [2.05, 4.69) is 10.3 Å². The van der Waals surface area contributed by atoms with Crippen LogP contribution in [-0.4, -0.2) is 30.1 Å². The van der Waals surface area contributed by atoms with Crippen molar-refractivity contribution in [3.63, 3.8) is 0 Å². The molecule has 6 nitrogen and oxygen atoms in total. The second-order valence-corrected chi connectivity index (χ2v) is 6.20. The Bertz CT molecular complexity index is 681. The number of carbonyl (C=O) groups is 1. The Kier molecular flexibility index (Phi) is 6.99. The van der Waals surface area contributed by atoms with Crippen LogP contribution in [0.2, 0.25) is 0 Å². The lowest BCUT2D eigenvalue weighted by molar-refractivity contribution is -0.124. The van der Waals surface area contributed by atoms with Gasteiger partial charge >= 0.3 is 0 Å². The summed E-state index contributed by atoms with van der Waals surface area (Å²) in [7, 11) is 0. The number of aromatic nitrogens is 1. The standard InChI is InChI=1S/C18H23N3O3.ClH/c1-12-2-4-14(5-3-12)18-21-15(11-24-18)10-20-17(22)16(19)13-6-8-23-9-7-13;/h2-5,11,13,16H,6-10,19H2,1H3,(H,20,22);1H. The quantitative estimate of drug-likeness (QED) is 0.849. The topological polar surface area (TPSA) is 90.4 Å². The fourth-order valence-corrected chi connectivity index (χ4v) is 2.80. The molecule has 1 aliphatic heterocycles. The van der Waals surface area contributed by atoms with Crippen LogP contribution in [0.1, 0.15) is 24.1 Å². The first-order valence-corrected chi connectivity index (χ1v) is 8.26. The molecule has 1 aromatic heterocycles. The van der Waals surface area contributed by atoms with Crippen LogP contribution in [0.4, 0.5) is 0 Å². The SMILES string of the molecule is Cc1ccc(-c2nc(CNC(=O)C(N)C3CCOCC3)co2)cc1.Cl. The Balaban J connectivity index is 0.00000225. The minimum atomic E-state index is -0.502. The van der Waals surface area contributed by atoms with Gasteiger partial charge in [0.25, 0.3) is 0 Å². The van der Waals surface area contributed by atoms with E-state index in [1.807, 2.05) is 31.2 Å². The second kappa shape index (κ2) is 8.99. The average molecular weight is 366 g/mol. The van der Waals surface area contributed by atoms with Gasteiger partial charge in [0.2, 0.25) is 11.8 Å². The van der Waals surface area contributed by atoms with Gasteiger partial charge in [0.05, 0.1) is 18.3 Å². The number of hydrogen-bond donors (Lipinski definition) is 2. The summed E-state index contributed by atoms with van der Waals surface area (Å²) in [5.74, 6) is 0.578. The van der Waals surface area contributed by atoms with E-state index in [0.717, 1.165) is 18.4 Å². The first kappa shape index (κ1) is 19.4. The molecule has 0 radical (unpaired) electrons. The van der Waals surface area contributed by atoms with Crippen LogP contribution in [0.15, 0.2) is 34.9 Å². The summed E-state index contributed by atoms with van der Waals surface area (Å²) in [5, 5.41) is 2.84. The van der Waals surface area contributed by atoms with Crippen LogP contribution < -0.4 is 11.1 Å². The van der Waals surface area contributed by atoms with Gasteiger partial charge in [0.1, 0.15) is 6.26 Å². The first-order valence-electron chi connectivity index (χ1n) is 8.26. The van der Waals surface area contributed by atoms with Crippen LogP contribution in [-0.2, 0) is 16.1 Å². The van der Waals surface area contributed by atoms with E-state index in [1.54, 1.807) is 6.26 Å². The molecule has 1 aromatic carbocycles. The Morgan fingerprint density at radius 2 is 2.00 bits per heavy atom. The third kappa shape index (κ3) is 5.04. The molecule has 7 heteroatoms. The average Bonchev–Trinajstić information content (AvgIpc) is 3.09. The van der Waals surface area contributed by atoms with E-state index in [-0.39, 0.29) is 24.2 Å². The molecule has 0 aliphatic carbocycles. The number of carbonyl (C=O) groups excluding carboxylic acids is 1. The van der Waals surface area contributed by atoms with E-state index in [4.69, 9.17) is 14.9 Å². The summed E-state index contributed by atoms with van der Waals surface area (Å²) >= 11 is 0. The molecule has 0 bridgehead atoms. The van der Waals surface area contributed by atoms with Gasteiger partial charge in [-0.1, -0.05) is 17.7 Å². The van der Waals surface area contributed by atoms with Gasteiger partial charge in [-0.15, -0.1) is 12.4 Å². The van der Waals surface area contributed by atoms with Crippen LogP contribution in [0, 0.1) is 12.8 Å². The molecule has 3 N–H and O–H groups in total. The maximum absolute atomic E-state index is 12.2. The summed E-state index contributed by atoms with van der Waals surface area (Å²) in [6.07, 6.45) is 3.22. The minimum Gasteiger partial charge on any atom is -0.444 e. The first-order chi connectivity index (χ1) is 11.6. The van der Waals surface area contributed by atoms with Crippen molar-refractivity contribution in [3.05, 3.63) is 41.8 Å². The number of nitrogens with two attached hydrogens (primary N) is 1. The number of amides is 1. The highest BCUT2D eigenvalue weighted by molar-refractivity contribution is 5.85. The third-order valence-electron chi connectivity index (χ3n) is 4.37. The fourth-order valence-electron chi connectivity index (χ4n) is 2.80. The maximum Gasteiger partial charge on any atom is 0.237 e. The van der Waals surface area contributed by atoms with E-state index in [0.29, 0.717) is 31.3 Å². The Hall–Kier alpha value is -1.89. The number of nitrogens with zero attached hydrogens (tertiary/aromatic N) is 1. The molecule has 1 fully saturated rings. The zero-order chi connectivity index (χ0) is 16.9. The zero-order valence-corrected chi connectivity index (χ0v) is 15.1. The number of aryl methyl sites for hydroxylation is 1. The summed E-state index contributed by atoms with van der Waals surface area (Å²) in [6.45, 7) is 3.69. The summed E-state index contributed by atoms with van der Waals surface area (Å²) in [5.41, 5.74) is 8.83. The highest BCUT2D eigenvalue weighted by Gasteiger charge is 2.26. The minimum absolute atomic E-state index is 0. The van der Waals surface area contributed by atoms with Gasteiger partial charge < -0.3 is 20.2 Å². The highest BCUT2D eigenvalue weighted by Crippen LogP contribution is 2.20. The van der Waals surface area contributed by atoms with E-state index >= 15 is 0 Å². The lowest BCUT2D eigenvalue weighted by atomic mass is 9.92. The van der Waals surface area contributed by atoms with Gasteiger partial charge in [-0.2, -0.15) is 0 Å². The number of nitrogens with one attached hydrogen (secondary N) is 1. The molecular weight excluding hydrogens is 342 g/mol. The molecular formula is C18H24ClN3O3. The van der Waals surface area contributed by atoms with Crippen molar-refractivity contribution in [1.29, 1.82) is 0 Å². The molecule has 136 valence electrons. The molecule has 1 aliphatic rings. The molecule has 2 heterocycles. The van der Waals surface area contributed by atoms with E-state index in [9.17, 15) is 4.79 Å². The third-order valence-corrected chi connectivity index (χ3v) is 4.37. The van der Waals surface area contributed by atoms with Crippen LogP contribution in [0.25, 0.3) is 11.5 Å². The number of halogens is 1. The second-order valence-electron chi connectivity index (χ2n) is 6.20. The molecule has 1 atom stereocenters. The fraction of sp³-hybridized carbons (Fsp3) is 0.444. The van der Waals surface area contributed by atoms with Crippen molar-refractivity contribution in [2.75, 3.05) is 13.2 Å². The van der Waals surface area contributed by atoms with Crippen molar-refractivity contribution in [1.82, 2.24) is 10.3 Å². The van der Waals surface area contributed by atoms with Crippen molar-refractivity contribution in [2.24, 2.45) is 11.7 Å². The molecule has 0 saturated carbocycles. The smallest absolute Gasteiger partial charge is 0.237 e. The van der Waals surface area contributed by atoms with Gasteiger partial charge in [0.15, 0.2) is 0 Å². The summed E-state index contributed by atoms with van der Waals surface area (Å²) in [4.78, 5) is 16.6. The van der Waals surface area contributed by atoms with Crippen molar-refractivity contribution >= 4 is 18.3 Å². The zero-order valence-electron chi connectivity index (χ0n) is 14.2. The predicted molar refractivity (Wildman–Crippen MR) is 97.3 cm³/mol. The van der Waals surface area contributed by atoms with Crippen LogP contribution in [0.5, 0.6) is 0 Å². The van der Waals surface area contributed by atoms with Gasteiger partial charge in [-0.25, -0.2) is 4.98 Å². The Labute approximate surface area is 153 Å². The monoisotopic (exact) mass is 365 g/mol. The Morgan fingerprint density at radius 1 is 1.32 bits per heavy atom. The Morgan fingerprint density at radius 3 is 2.68 bits per heavy atom. The number of benzene rings is 1. The molecule has 0 spiro atoms. The summed E-state index contributed by atoms with van der Waals surface area (Å²) < 4.78 is 10.8. The van der Waals surface area contributed by atoms with E-state index < -0.39 is 6.04 Å². The number of rotatable bonds is 5. The van der Waals surface area contributed by atoms with Crippen molar-refractivity contribution in [3.8, 4) is 11.5 Å². The molecule has 25 heavy (non-hydrogen) atoms. The molecule has 1 amide bonds. The van der Waals surface area contributed by atoms with Gasteiger partial charge in [-0.05, 0) is 37.8 Å². The largest absolute Gasteiger partial charge is 0.444 e. The number of ether oxygens (including phenoxy) is 1. The molecule has 1 saturated heterocycles. The van der Waals surface area contributed by atoms with Gasteiger partial charge in [-0.3, -0.25) is 4.79 Å². The maximum atomic E-state index is 12.2. The molecule has 2 aromatic rings. The van der Waals surface area contributed by atoms with Crippen molar-refractivity contribution in [2.45, 2.75) is 32.4 Å². The number of oxazole rings is 1. The van der Waals surface area contributed by atoms with Crippen molar-refractivity contribution < 1.29 is 13.9 Å². The van der Waals surface area contributed by atoms with Gasteiger partial charge in [0, 0.05) is 18.8 Å². The number of hydrogen-bond acceptors (Lipinski definition) is 5. The molecule has 1 unspecified atom stereocenters. The molecule has 3 rings (SSSR count). The van der Waals surface area contributed by atoms with Crippen LogP contribution in [0.3, 0.4) is 0 Å². The van der Waals surface area contributed by atoms with Crippen LogP contribution >= 0.6 is 12.4 Å². The lowest BCUT2D eigenvalue weighted by Gasteiger charge is -2.26. The lowest BCUT2D eigenvalue weighted by Crippen LogP contribution is -2.46. The normalized spacial score (nSPS) is 16.1. The highest BCUT2D eigenvalue weighted by atomic mass is 35.5. The van der Waals surface area contributed by atoms with E-state index in [1.165, 1.54) is 5.56 Å².